The monoisotopic (exact) mass is 395 g/mol. The molecule has 154 valence electrons. The van der Waals surface area contributed by atoms with Gasteiger partial charge in [-0.2, -0.15) is 5.10 Å². The minimum absolute atomic E-state index is 0.0110. The van der Waals surface area contributed by atoms with Crippen molar-refractivity contribution in [1.82, 2.24) is 15.1 Å². The average molecular weight is 396 g/mol. The molecule has 29 heavy (non-hydrogen) atoms. The topological polar surface area (TPSA) is 73.2 Å². The van der Waals surface area contributed by atoms with Crippen LogP contribution in [0.3, 0.4) is 0 Å². The van der Waals surface area contributed by atoms with Crippen molar-refractivity contribution in [1.29, 1.82) is 0 Å². The summed E-state index contributed by atoms with van der Waals surface area (Å²) in [6.45, 7) is 2.03. The van der Waals surface area contributed by atoms with Gasteiger partial charge in [-0.05, 0) is 68.2 Å². The Hall–Kier alpha value is -2.63. The third kappa shape index (κ3) is 3.80. The first-order valence-electron chi connectivity index (χ1n) is 10.7. The lowest BCUT2D eigenvalue weighted by atomic mass is 9.68. The van der Waals surface area contributed by atoms with E-state index in [1.807, 2.05) is 19.1 Å². The second-order valence-electron chi connectivity index (χ2n) is 8.19. The average Bonchev–Trinajstić information content (AvgIpc) is 3.17. The number of hydrogen-bond acceptors (Lipinski definition) is 4. The van der Waals surface area contributed by atoms with Gasteiger partial charge in [0.1, 0.15) is 0 Å². The molecule has 2 saturated carbocycles. The Labute approximate surface area is 171 Å². The number of hydrogen-bond donors (Lipinski definition) is 1. The van der Waals surface area contributed by atoms with Crippen LogP contribution in [0.25, 0.3) is 5.69 Å². The first-order chi connectivity index (χ1) is 14.1. The lowest BCUT2D eigenvalue weighted by molar-refractivity contribution is 0.0600. The van der Waals surface area contributed by atoms with E-state index in [0.717, 1.165) is 11.4 Å². The molecule has 2 aliphatic rings. The highest BCUT2D eigenvalue weighted by molar-refractivity contribution is 5.95. The number of carbonyl (C=O) groups excluding carboxylic acids is 2. The summed E-state index contributed by atoms with van der Waals surface area (Å²) in [5.74, 6) is 0.865. The fraction of sp³-hybridized carbons (Fsp3) is 0.522. The summed E-state index contributed by atoms with van der Waals surface area (Å²) in [6, 6.07) is 7.38. The Morgan fingerprint density at radius 3 is 2.28 bits per heavy atom. The van der Waals surface area contributed by atoms with E-state index in [0.29, 0.717) is 35.4 Å². The number of rotatable bonds is 5. The lowest BCUT2D eigenvalue weighted by Crippen LogP contribution is -2.49. The summed E-state index contributed by atoms with van der Waals surface area (Å²) in [4.78, 5) is 24.8. The molecule has 0 atom stereocenters. The first-order valence-corrected chi connectivity index (χ1v) is 10.7. The number of esters is 1. The van der Waals surface area contributed by atoms with Gasteiger partial charge in [0, 0.05) is 6.04 Å². The second kappa shape index (κ2) is 8.39. The van der Waals surface area contributed by atoms with Gasteiger partial charge in [-0.15, -0.1) is 0 Å². The number of amides is 1. The molecule has 1 aromatic heterocycles. The highest BCUT2D eigenvalue weighted by Gasteiger charge is 2.37. The van der Waals surface area contributed by atoms with E-state index in [4.69, 9.17) is 4.74 Å². The zero-order chi connectivity index (χ0) is 20.4. The molecule has 0 unspecified atom stereocenters. The highest BCUT2D eigenvalue weighted by Crippen LogP contribution is 2.40. The van der Waals surface area contributed by atoms with Gasteiger partial charge in [0.2, 0.25) is 0 Å². The van der Waals surface area contributed by atoms with Crippen molar-refractivity contribution in [3.8, 4) is 5.69 Å². The summed E-state index contributed by atoms with van der Waals surface area (Å²) in [6.07, 6.45) is 9.87. The van der Waals surface area contributed by atoms with Crippen LogP contribution in [-0.2, 0) is 11.2 Å². The number of nitrogens with one attached hydrogen (secondary N) is 1. The first kappa shape index (κ1) is 19.7. The van der Waals surface area contributed by atoms with E-state index in [1.165, 1.54) is 45.6 Å². The zero-order valence-corrected chi connectivity index (χ0v) is 17.2. The van der Waals surface area contributed by atoms with Crippen LogP contribution in [0.2, 0.25) is 0 Å². The molecule has 1 N–H and O–H groups in total. The maximum absolute atomic E-state index is 13.1. The molecule has 2 fully saturated rings. The molecule has 4 rings (SSSR count). The molecule has 6 heteroatoms. The number of methoxy groups -OCH3 is 1. The third-order valence-corrected chi connectivity index (χ3v) is 6.59. The second-order valence-corrected chi connectivity index (χ2v) is 8.19. The van der Waals surface area contributed by atoms with Gasteiger partial charge in [-0.1, -0.05) is 19.8 Å². The Balaban J connectivity index is 1.55. The molecular formula is C23H29N3O3. The van der Waals surface area contributed by atoms with Crippen molar-refractivity contribution in [2.24, 2.45) is 11.8 Å². The molecule has 6 nitrogen and oxygen atoms in total. The van der Waals surface area contributed by atoms with E-state index >= 15 is 0 Å². The number of fused-ring (bicyclic) bond motifs is 2. The predicted molar refractivity (Wildman–Crippen MR) is 110 cm³/mol. The number of carbonyl (C=O) groups is 2. The van der Waals surface area contributed by atoms with E-state index in [1.54, 1.807) is 23.0 Å². The molecule has 0 spiro atoms. The number of nitrogens with zero attached hydrogens (tertiary/aromatic N) is 2. The van der Waals surface area contributed by atoms with Crippen LogP contribution in [-0.4, -0.2) is 34.8 Å². The standard InChI is InChI=1S/C23H29N3O3/c1-3-20-19(22(27)25-21-15-6-4-7-16(21)9-5-8-15)14-24-26(20)18-12-10-17(11-13-18)23(28)29-2/h10-16,21H,3-9H2,1-2H3,(H,25,27). The summed E-state index contributed by atoms with van der Waals surface area (Å²) >= 11 is 0. The Morgan fingerprint density at radius 1 is 1.10 bits per heavy atom. The summed E-state index contributed by atoms with van der Waals surface area (Å²) in [5.41, 5.74) is 2.84. The van der Waals surface area contributed by atoms with Crippen molar-refractivity contribution in [3.05, 3.63) is 47.3 Å². The highest BCUT2D eigenvalue weighted by atomic mass is 16.5. The number of benzene rings is 1. The van der Waals surface area contributed by atoms with Gasteiger partial charge in [0.25, 0.3) is 5.91 Å². The summed E-state index contributed by atoms with van der Waals surface area (Å²) in [7, 11) is 1.37. The van der Waals surface area contributed by atoms with E-state index in [9.17, 15) is 9.59 Å². The van der Waals surface area contributed by atoms with Crippen LogP contribution in [0, 0.1) is 11.8 Å². The van der Waals surface area contributed by atoms with Crippen LogP contribution in [0.4, 0.5) is 0 Å². The lowest BCUT2D eigenvalue weighted by Gasteiger charge is -2.42. The Bertz CT molecular complexity index is 865. The SMILES string of the molecule is CCc1c(C(=O)NC2C3CCCC2CCC3)cnn1-c1ccc(C(=O)OC)cc1. The van der Waals surface area contributed by atoms with Gasteiger partial charge in [0.15, 0.2) is 0 Å². The molecule has 0 saturated heterocycles. The quantitative estimate of drug-likeness (QED) is 0.779. The normalized spacial score (nSPS) is 23.4. The van der Waals surface area contributed by atoms with Crippen molar-refractivity contribution >= 4 is 11.9 Å². The van der Waals surface area contributed by atoms with Crippen LogP contribution < -0.4 is 5.32 Å². The minimum atomic E-state index is -0.370. The summed E-state index contributed by atoms with van der Waals surface area (Å²) < 4.78 is 6.54. The molecule has 1 aromatic carbocycles. The molecular weight excluding hydrogens is 366 g/mol. The molecule has 0 aliphatic heterocycles. The molecule has 1 heterocycles. The third-order valence-electron chi connectivity index (χ3n) is 6.59. The Morgan fingerprint density at radius 2 is 1.72 bits per heavy atom. The van der Waals surface area contributed by atoms with Gasteiger partial charge in [-0.25, -0.2) is 9.48 Å². The molecule has 2 aliphatic carbocycles. The van der Waals surface area contributed by atoms with Crippen LogP contribution in [0.5, 0.6) is 0 Å². The zero-order valence-electron chi connectivity index (χ0n) is 17.2. The van der Waals surface area contributed by atoms with Gasteiger partial charge < -0.3 is 10.1 Å². The maximum atomic E-state index is 13.1. The predicted octanol–water partition coefficient (Wildman–Crippen LogP) is 3.92. The van der Waals surface area contributed by atoms with Crippen LogP contribution in [0.15, 0.2) is 30.5 Å². The Kier molecular flexibility index (Phi) is 5.69. The number of ether oxygens (including phenoxy) is 1. The van der Waals surface area contributed by atoms with Crippen molar-refractivity contribution < 1.29 is 14.3 Å². The van der Waals surface area contributed by atoms with Gasteiger partial charge >= 0.3 is 5.97 Å². The maximum Gasteiger partial charge on any atom is 0.337 e. The molecule has 2 bridgehead atoms. The molecule has 1 amide bonds. The van der Waals surface area contributed by atoms with Gasteiger partial charge in [0.05, 0.1) is 35.8 Å². The largest absolute Gasteiger partial charge is 0.465 e. The summed E-state index contributed by atoms with van der Waals surface area (Å²) in [5, 5.41) is 7.83. The van der Waals surface area contributed by atoms with E-state index in [2.05, 4.69) is 10.4 Å². The molecule has 0 radical (unpaired) electrons. The van der Waals surface area contributed by atoms with Crippen LogP contribution in [0.1, 0.15) is 71.9 Å². The minimum Gasteiger partial charge on any atom is -0.465 e. The smallest absolute Gasteiger partial charge is 0.337 e. The van der Waals surface area contributed by atoms with E-state index in [-0.39, 0.29) is 11.9 Å². The van der Waals surface area contributed by atoms with Crippen molar-refractivity contribution in [3.63, 3.8) is 0 Å². The van der Waals surface area contributed by atoms with Crippen molar-refractivity contribution in [2.75, 3.05) is 7.11 Å². The fourth-order valence-corrected chi connectivity index (χ4v) is 5.12. The van der Waals surface area contributed by atoms with Crippen LogP contribution >= 0.6 is 0 Å². The fourth-order valence-electron chi connectivity index (χ4n) is 5.12. The van der Waals surface area contributed by atoms with Crippen molar-refractivity contribution in [2.45, 2.75) is 57.9 Å². The number of aromatic nitrogens is 2. The van der Waals surface area contributed by atoms with E-state index < -0.39 is 0 Å². The van der Waals surface area contributed by atoms with Gasteiger partial charge in [-0.3, -0.25) is 4.79 Å². The molecule has 2 aromatic rings.